The second kappa shape index (κ2) is 12.8. The third-order valence-electron chi connectivity index (χ3n) is 6.41. The van der Waals surface area contributed by atoms with Crippen molar-refractivity contribution in [1.29, 1.82) is 5.26 Å². The Hall–Kier alpha value is -3.57. The van der Waals surface area contributed by atoms with Gasteiger partial charge in [-0.2, -0.15) is 5.26 Å². The lowest BCUT2D eigenvalue weighted by Gasteiger charge is -2.33. The molecule has 7 nitrogen and oxygen atoms in total. The Labute approximate surface area is 231 Å². The standard InChI is InChI=1S/C29H27Cl2N3O4/c30-24-4-1-5-25(31)27(24)28(35)33-26(29(36)37)15-19-10-12-22(13-11-19)38-23-3-2-14-34(18-23)17-21-8-6-20(16-32)7-9-21/h1,4-13,23,26H,2-3,14-15,17-18H2,(H,33,35)(H,36,37)/t23-,26-/m0/s1. The molecule has 1 aliphatic rings. The quantitative estimate of drug-likeness (QED) is 0.372. The molecule has 1 saturated heterocycles. The number of hydrogen-bond acceptors (Lipinski definition) is 5. The van der Waals surface area contributed by atoms with Gasteiger partial charge in [-0.1, -0.05) is 53.5 Å². The number of likely N-dealkylation sites (tertiary alicyclic amines) is 1. The van der Waals surface area contributed by atoms with Crippen LogP contribution in [0, 0.1) is 11.3 Å². The fraction of sp³-hybridized carbons (Fsp3) is 0.276. The highest BCUT2D eigenvalue weighted by atomic mass is 35.5. The van der Waals surface area contributed by atoms with Gasteiger partial charge in [0.05, 0.1) is 27.2 Å². The zero-order valence-electron chi connectivity index (χ0n) is 20.6. The van der Waals surface area contributed by atoms with Gasteiger partial charge >= 0.3 is 5.97 Å². The molecule has 196 valence electrons. The molecule has 9 heteroatoms. The van der Waals surface area contributed by atoms with Crippen molar-refractivity contribution in [3.8, 4) is 11.8 Å². The number of amides is 1. The van der Waals surface area contributed by atoms with Crippen LogP contribution in [0.25, 0.3) is 0 Å². The van der Waals surface area contributed by atoms with E-state index in [1.807, 2.05) is 36.4 Å². The molecule has 0 saturated carbocycles. The zero-order valence-corrected chi connectivity index (χ0v) is 22.1. The molecule has 1 fully saturated rings. The molecule has 1 amide bonds. The van der Waals surface area contributed by atoms with E-state index in [-0.39, 0.29) is 28.1 Å². The molecule has 0 unspecified atom stereocenters. The van der Waals surface area contributed by atoms with Gasteiger partial charge in [0.25, 0.3) is 5.91 Å². The lowest BCUT2D eigenvalue weighted by atomic mass is 10.0. The molecule has 0 aromatic heterocycles. The van der Waals surface area contributed by atoms with Gasteiger partial charge in [0.2, 0.25) is 0 Å². The van der Waals surface area contributed by atoms with Gasteiger partial charge in [-0.15, -0.1) is 0 Å². The molecule has 2 N–H and O–H groups in total. The molecule has 3 aromatic carbocycles. The second-order valence-corrected chi connectivity index (χ2v) is 10.0. The van der Waals surface area contributed by atoms with E-state index in [9.17, 15) is 14.7 Å². The number of carboxylic acids is 1. The van der Waals surface area contributed by atoms with Crippen molar-refractivity contribution in [2.24, 2.45) is 0 Å². The number of nitrogens with zero attached hydrogens (tertiary/aromatic N) is 2. The fourth-order valence-corrected chi connectivity index (χ4v) is 5.04. The van der Waals surface area contributed by atoms with E-state index in [2.05, 4.69) is 16.3 Å². The smallest absolute Gasteiger partial charge is 0.326 e. The Morgan fingerprint density at radius 2 is 1.71 bits per heavy atom. The summed E-state index contributed by atoms with van der Waals surface area (Å²) in [5.74, 6) is -1.10. The number of nitriles is 1. The van der Waals surface area contributed by atoms with Crippen LogP contribution >= 0.6 is 23.2 Å². The summed E-state index contributed by atoms with van der Waals surface area (Å²) in [5.41, 5.74) is 2.60. The summed E-state index contributed by atoms with van der Waals surface area (Å²) >= 11 is 12.2. The number of carbonyl (C=O) groups is 2. The van der Waals surface area contributed by atoms with Crippen LogP contribution in [0.2, 0.25) is 10.0 Å². The highest BCUT2D eigenvalue weighted by Gasteiger charge is 2.24. The highest BCUT2D eigenvalue weighted by molar-refractivity contribution is 6.39. The lowest BCUT2D eigenvalue weighted by Crippen LogP contribution is -2.42. The first-order valence-electron chi connectivity index (χ1n) is 12.3. The summed E-state index contributed by atoms with van der Waals surface area (Å²) in [6, 6.07) is 20.5. The number of aliphatic carboxylic acids is 1. The minimum absolute atomic E-state index is 0.0411. The number of ether oxygens (including phenoxy) is 1. The Morgan fingerprint density at radius 1 is 1.05 bits per heavy atom. The first kappa shape index (κ1) is 27.5. The van der Waals surface area contributed by atoms with Crippen molar-refractivity contribution in [3.05, 3.63) is 99.0 Å². The van der Waals surface area contributed by atoms with Gasteiger partial charge < -0.3 is 15.2 Å². The molecule has 1 aliphatic heterocycles. The molecular weight excluding hydrogens is 525 g/mol. The summed E-state index contributed by atoms with van der Waals surface area (Å²) in [6.45, 7) is 2.58. The normalized spacial score (nSPS) is 16.3. The summed E-state index contributed by atoms with van der Waals surface area (Å²) in [4.78, 5) is 26.8. The lowest BCUT2D eigenvalue weighted by molar-refractivity contribution is -0.139. The van der Waals surface area contributed by atoms with Crippen LogP contribution in [0.5, 0.6) is 5.75 Å². The Kier molecular flexibility index (Phi) is 9.24. The third-order valence-corrected chi connectivity index (χ3v) is 7.04. The monoisotopic (exact) mass is 551 g/mol. The second-order valence-electron chi connectivity index (χ2n) is 9.23. The third kappa shape index (κ3) is 7.26. The molecule has 38 heavy (non-hydrogen) atoms. The first-order valence-corrected chi connectivity index (χ1v) is 13.0. The van der Waals surface area contributed by atoms with Gasteiger partial charge in [0.1, 0.15) is 17.9 Å². The maximum absolute atomic E-state index is 12.7. The number of halogens is 2. The molecule has 0 radical (unpaired) electrons. The number of carboxylic acid groups (broad SMARTS) is 1. The Morgan fingerprint density at radius 3 is 2.34 bits per heavy atom. The molecule has 0 bridgehead atoms. The average molecular weight is 552 g/mol. The van der Waals surface area contributed by atoms with Crippen molar-refractivity contribution in [2.45, 2.75) is 38.0 Å². The Bertz CT molecular complexity index is 1300. The fourth-order valence-electron chi connectivity index (χ4n) is 4.47. The minimum atomic E-state index is -1.16. The summed E-state index contributed by atoms with van der Waals surface area (Å²) in [5, 5.41) is 21.5. The first-order chi connectivity index (χ1) is 18.3. The van der Waals surface area contributed by atoms with E-state index in [0.29, 0.717) is 11.3 Å². The number of rotatable bonds is 9. The number of piperidine rings is 1. The molecule has 0 aliphatic carbocycles. The highest BCUT2D eigenvalue weighted by Crippen LogP contribution is 2.25. The Balaban J connectivity index is 1.33. The van der Waals surface area contributed by atoms with Crippen LogP contribution in [-0.2, 0) is 17.8 Å². The number of carbonyl (C=O) groups excluding carboxylic acids is 1. The van der Waals surface area contributed by atoms with Gasteiger partial charge in [-0.3, -0.25) is 9.69 Å². The molecule has 4 rings (SSSR count). The van der Waals surface area contributed by atoms with Gasteiger partial charge in [0, 0.05) is 19.5 Å². The largest absolute Gasteiger partial charge is 0.489 e. The SMILES string of the molecule is N#Cc1ccc(CN2CCC[C@H](Oc3ccc(C[C@H](NC(=O)c4c(Cl)cccc4Cl)C(=O)O)cc3)C2)cc1. The van der Waals surface area contributed by atoms with Crippen molar-refractivity contribution in [2.75, 3.05) is 13.1 Å². The molecule has 1 heterocycles. The van der Waals surface area contributed by atoms with Crippen molar-refractivity contribution in [3.63, 3.8) is 0 Å². The van der Waals surface area contributed by atoms with Gasteiger partial charge in [0.15, 0.2) is 0 Å². The number of nitrogens with one attached hydrogen (secondary N) is 1. The predicted molar refractivity (Wildman–Crippen MR) is 146 cm³/mol. The molecule has 2 atom stereocenters. The van der Waals surface area contributed by atoms with E-state index in [1.54, 1.807) is 18.2 Å². The van der Waals surface area contributed by atoms with E-state index in [4.69, 9.17) is 33.2 Å². The van der Waals surface area contributed by atoms with Crippen LogP contribution in [0.3, 0.4) is 0 Å². The van der Waals surface area contributed by atoms with E-state index < -0.39 is 17.9 Å². The maximum Gasteiger partial charge on any atom is 0.326 e. The van der Waals surface area contributed by atoms with E-state index in [0.717, 1.165) is 43.6 Å². The van der Waals surface area contributed by atoms with Crippen LogP contribution in [0.15, 0.2) is 66.7 Å². The van der Waals surface area contributed by atoms with E-state index >= 15 is 0 Å². The predicted octanol–water partition coefficient (Wildman–Crippen LogP) is 5.33. The number of benzene rings is 3. The topological polar surface area (TPSA) is 103 Å². The van der Waals surface area contributed by atoms with Crippen LogP contribution in [0.1, 0.15) is 39.9 Å². The molecule has 3 aromatic rings. The van der Waals surface area contributed by atoms with Crippen LogP contribution in [-0.4, -0.2) is 47.1 Å². The van der Waals surface area contributed by atoms with Crippen molar-refractivity contribution >= 4 is 35.1 Å². The summed E-state index contributed by atoms with van der Waals surface area (Å²) in [6.07, 6.45) is 2.10. The molecule has 0 spiro atoms. The average Bonchev–Trinajstić information content (AvgIpc) is 2.90. The van der Waals surface area contributed by atoms with Crippen molar-refractivity contribution in [1.82, 2.24) is 10.2 Å². The maximum atomic E-state index is 12.7. The summed E-state index contributed by atoms with van der Waals surface area (Å²) < 4.78 is 6.22. The zero-order chi connectivity index (χ0) is 27.1. The van der Waals surface area contributed by atoms with Gasteiger partial charge in [-0.05, 0) is 66.9 Å². The van der Waals surface area contributed by atoms with Crippen LogP contribution in [0.4, 0.5) is 0 Å². The van der Waals surface area contributed by atoms with E-state index in [1.165, 1.54) is 12.1 Å². The van der Waals surface area contributed by atoms with Crippen LogP contribution < -0.4 is 10.1 Å². The minimum Gasteiger partial charge on any atom is -0.489 e. The summed E-state index contributed by atoms with van der Waals surface area (Å²) in [7, 11) is 0. The van der Waals surface area contributed by atoms with Gasteiger partial charge in [-0.25, -0.2) is 4.79 Å². The van der Waals surface area contributed by atoms with Crippen molar-refractivity contribution < 1.29 is 19.4 Å². The molecular formula is C29H27Cl2N3O4. The number of hydrogen-bond donors (Lipinski definition) is 2.